The molecule has 4 heteroatoms. The Morgan fingerprint density at radius 3 is 2.76 bits per heavy atom. The molecule has 3 aromatic rings. The Morgan fingerprint density at radius 2 is 1.95 bits per heavy atom. The topological polar surface area (TPSA) is 50.9 Å². The van der Waals surface area contributed by atoms with Gasteiger partial charge in [-0.05, 0) is 41.8 Å². The van der Waals surface area contributed by atoms with Crippen molar-refractivity contribution in [1.82, 2.24) is 10.4 Å². The molecule has 0 aliphatic rings. The molecule has 0 fully saturated rings. The smallest absolute Gasteiger partial charge is 0.0728 e. The molecule has 1 atom stereocenters. The van der Waals surface area contributed by atoms with Gasteiger partial charge in [-0.1, -0.05) is 46.3 Å². The fourth-order valence-corrected chi connectivity index (χ4v) is 2.93. The van der Waals surface area contributed by atoms with Crippen LogP contribution in [-0.2, 0) is 0 Å². The summed E-state index contributed by atoms with van der Waals surface area (Å²) in [5, 5.41) is 1.11. The zero-order valence-electron chi connectivity index (χ0n) is 11.7. The van der Waals surface area contributed by atoms with Crippen molar-refractivity contribution in [2.45, 2.75) is 13.0 Å². The number of nitrogens with one attached hydrogen (secondary N) is 1. The first-order valence-corrected chi connectivity index (χ1v) is 7.56. The first-order chi connectivity index (χ1) is 10.2. The van der Waals surface area contributed by atoms with Crippen LogP contribution in [0, 0.1) is 6.92 Å². The molecular weight excluding hydrogens is 326 g/mol. The SMILES string of the molecule is Cc1c(Br)cccc1C(NN)c1cnc2ccccc2c1. The Kier molecular flexibility index (Phi) is 4.01. The fraction of sp³-hybridized carbons (Fsp3) is 0.118. The predicted octanol–water partition coefficient (Wildman–Crippen LogP) is 3.86. The molecule has 0 spiro atoms. The van der Waals surface area contributed by atoms with Crippen molar-refractivity contribution in [3.05, 3.63) is 75.9 Å². The number of pyridine rings is 1. The number of hydrazine groups is 1. The Bertz CT molecular complexity index is 786. The van der Waals surface area contributed by atoms with Crippen molar-refractivity contribution in [3.8, 4) is 0 Å². The quantitative estimate of drug-likeness (QED) is 0.561. The predicted molar refractivity (Wildman–Crippen MR) is 89.8 cm³/mol. The Balaban J connectivity index is 2.11. The van der Waals surface area contributed by atoms with E-state index in [0.29, 0.717) is 0 Å². The second-order valence-electron chi connectivity index (χ2n) is 5.02. The molecule has 1 unspecified atom stereocenters. The van der Waals surface area contributed by atoms with Crippen LogP contribution in [0.3, 0.4) is 0 Å². The molecule has 106 valence electrons. The summed E-state index contributed by atoms with van der Waals surface area (Å²) < 4.78 is 1.08. The second kappa shape index (κ2) is 5.93. The maximum Gasteiger partial charge on any atom is 0.0728 e. The molecule has 3 nitrogen and oxygen atoms in total. The van der Waals surface area contributed by atoms with Gasteiger partial charge in [-0.2, -0.15) is 0 Å². The summed E-state index contributed by atoms with van der Waals surface area (Å²) in [6.07, 6.45) is 1.88. The van der Waals surface area contributed by atoms with Gasteiger partial charge in [0.1, 0.15) is 0 Å². The molecule has 0 bridgehead atoms. The van der Waals surface area contributed by atoms with E-state index in [1.54, 1.807) is 0 Å². The highest BCUT2D eigenvalue weighted by Gasteiger charge is 2.16. The van der Waals surface area contributed by atoms with Crippen molar-refractivity contribution >= 4 is 26.8 Å². The van der Waals surface area contributed by atoms with Gasteiger partial charge in [0.05, 0.1) is 11.6 Å². The number of nitrogens with two attached hydrogens (primary N) is 1. The standard InChI is InChI=1S/C17H16BrN3/c1-11-14(6-4-7-15(11)18)17(21-19)13-9-12-5-2-3-8-16(12)20-10-13/h2-10,17,21H,19H2,1H3. The second-order valence-corrected chi connectivity index (χ2v) is 5.87. The third kappa shape index (κ3) is 2.70. The van der Waals surface area contributed by atoms with Crippen LogP contribution in [0.4, 0.5) is 0 Å². The molecule has 0 radical (unpaired) electrons. The van der Waals surface area contributed by atoms with Crippen LogP contribution in [-0.4, -0.2) is 4.98 Å². The monoisotopic (exact) mass is 341 g/mol. The lowest BCUT2D eigenvalue weighted by molar-refractivity contribution is 0.632. The number of aromatic nitrogens is 1. The first-order valence-electron chi connectivity index (χ1n) is 6.76. The maximum absolute atomic E-state index is 5.81. The number of nitrogens with zero attached hydrogens (tertiary/aromatic N) is 1. The molecule has 0 saturated heterocycles. The van der Waals surface area contributed by atoms with Crippen LogP contribution in [0.1, 0.15) is 22.7 Å². The van der Waals surface area contributed by atoms with E-state index < -0.39 is 0 Å². The van der Waals surface area contributed by atoms with E-state index >= 15 is 0 Å². The largest absolute Gasteiger partial charge is 0.271 e. The molecule has 0 saturated carbocycles. The number of para-hydroxylation sites is 1. The Hall–Kier alpha value is -1.75. The molecular formula is C17H16BrN3. The Labute approximate surface area is 132 Å². The lowest BCUT2D eigenvalue weighted by Crippen LogP contribution is -2.29. The Morgan fingerprint density at radius 1 is 1.14 bits per heavy atom. The average Bonchev–Trinajstić information content (AvgIpc) is 2.52. The van der Waals surface area contributed by atoms with Crippen molar-refractivity contribution < 1.29 is 0 Å². The molecule has 2 aromatic carbocycles. The third-order valence-electron chi connectivity index (χ3n) is 3.73. The highest BCUT2D eigenvalue weighted by Crippen LogP contribution is 2.29. The molecule has 0 amide bonds. The highest BCUT2D eigenvalue weighted by atomic mass is 79.9. The maximum atomic E-state index is 5.81. The van der Waals surface area contributed by atoms with Gasteiger partial charge in [-0.3, -0.25) is 10.8 Å². The van der Waals surface area contributed by atoms with E-state index in [9.17, 15) is 0 Å². The van der Waals surface area contributed by atoms with Gasteiger partial charge < -0.3 is 0 Å². The minimum atomic E-state index is -0.0837. The minimum Gasteiger partial charge on any atom is -0.271 e. The van der Waals surface area contributed by atoms with Crippen LogP contribution in [0.15, 0.2) is 59.2 Å². The molecule has 0 aliphatic heterocycles. The number of rotatable bonds is 3. The van der Waals surface area contributed by atoms with Crippen molar-refractivity contribution in [2.24, 2.45) is 5.84 Å². The molecule has 0 aliphatic carbocycles. The van der Waals surface area contributed by atoms with Gasteiger partial charge in [-0.15, -0.1) is 0 Å². The van der Waals surface area contributed by atoms with Crippen LogP contribution in [0.2, 0.25) is 0 Å². The summed E-state index contributed by atoms with van der Waals surface area (Å²) in [5.41, 5.74) is 7.27. The zero-order valence-corrected chi connectivity index (χ0v) is 13.3. The normalized spacial score (nSPS) is 12.5. The lowest BCUT2D eigenvalue weighted by Gasteiger charge is -2.20. The summed E-state index contributed by atoms with van der Waals surface area (Å²) in [5.74, 6) is 5.81. The zero-order chi connectivity index (χ0) is 14.8. The summed E-state index contributed by atoms with van der Waals surface area (Å²) in [7, 11) is 0. The van der Waals surface area contributed by atoms with E-state index in [1.165, 1.54) is 5.56 Å². The third-order valence-corrected chi connectivity index (χ3v) is 4.59. The molecule has 21 heavy (non-hydrogen) atoms. The first kappa shape index (κ1) is 14.2. The molecule has 3 N–H and O–H groups in total. The van der Waals surface area contributed by atoms with Crippen LogP contribution in [0.25, 0.3) is 10.9 Å². The van der Waals surface area contributed by atoms with Gasteiger partial charge in [0.25, 0.3) is 0 Å². The fourth-order valence-electron chi connectivity index (χ4n) is 2.55. The van der Waals surface area contributed by atoms with Crippen molar-refractivity contribution in [2.75, 3.05) is 0 Å². The summed E-state index contributed by atoms with van der Waals surface area (Å²) >= 11 is 3.57. The number of hydrogen-bond donors (Lipinski definition) is 2. The molecule has 1 aromatic heterocycles. The lowest BCUT2D eigenvalue weighted by atomic mass is 9.96. The van der Waals surface area contributed by atoms with E-state index in [-0.39, 0.29) is 6.04 Å². The number of hydrogen-bond acceptors (Lipinski definition) is 3. The number of benzene rings is 2. The summed E-state index contributed by atoms with van der Waals surface area (Å²) in [6, 6.07) is 16.3. The van der Waals surface area contributed by atoms with Gasteiger partial charge >= 0.3 is 0 Å². The summed E-state index contributed by atoms with van der Waals surface area (Å²) in [6.45, 7) is 2.08. The van der Waals surface area contributed by atoms with Crippen LogP contribution in [0.5, 0.6) is 0 Å². The van der Waals surface area contributed by atoms with Gasteiger partial charge in [-0.25, -0.2) is 5.43 Å². The van der Waals surface area contributed by atoms with Gasteiger partial charge in [0.15, 0.2) is 0 Å². The molecule has 1 heterocycles. The van der Waals surface area contributed by atoms with Gasteiger partial charge in [0.2, 0.25) is 0 Å². The average molecular weight is 342 g/mol. The number of halogens is 1. The summed E-state index contributed by atoms with van der Waals surface area (Å²) in [4.78, 5) is 4.52. The van der Waals surface area contributed by atoms with E-state index in [2.05, 4.69) is 51.5 Å². The van der Waals surface area contributed by atoms with Crippen molar-refractivity contribution in [3.63, 3.8) is 0 Å². The van der Waals surface area contributed by atoms with Crippen LogP contribution < -0.4 is 11.3 Å². The molecule has 3 rings (SSSR count). The van der Waals surface area contributed by atoms with E-state index in [0.717, 1.165) is 26.5 Å². The van der Waals surface area contributed by atoms with E-state index in [1.807, 2.05) is 36.5 Å². The number of fused-ring (bicyclic) bond motifs is 1. The van der Waals surface area contributed by atoms with Crippen molar-refractivity contribution in [1.29, 1.82) is 0 Å². The van der Waals surface area contributed by atoms with E-state index in [4.69, 9.17) is 5.84 Å². The van der Waals surface area contributed by atoms with Crippen LogP contribution >= 0.6 is 15.9 Å². The minimum absolute atomic E-state index is 0.0837. The highest BCUT2D eigenvalue weighted by molar-refractivity contribution is 9.10. The van der Waals surface area contributed by atoms with Gasteiger partial charge in [0, 0.05) is 16.1 Å².